The standard InChI is InChI=1S/C20H24N2O2.ClH/c1-14(12-21)20(23)22-13-17-10-18(24-2)9-8-16(17)11-19(22)15-6-4-3-5-7-15;/h3-10,14,19H,11-13,21H2,1-2H3;1H. The quantitative estimate of drug-likeness (QED) is 0.909. The van der Waals surface area contributed by atoms with E-state index in [1.54, 1.807) is 7.11 Å². The van der Waals surface area contributed by atoms with Crippen molar-refractivity contribution in [3.8, 4) is 5.75 Å². The van der Waals surface area contributed by atoms with E-state index in [4.69, 9.17) is 10.5 Å². The molecule has 2 unspecified atom stereocenters. The van der Waals surface area contributed by atoms with Crippen LogP contribution in [-0.2, 0) is 17.8 Å². The molecular weight excluding hydrogens is 336 g/mol. The number of benzene rings is 2. The zero-order chi connectivity index (χ0) is 17.1. The van der Waals surface area contributed by atoms with E-state index in [0.29, 0.717) is 13.1 Å². The van der Waals surface area contributed by atoms with Crippen molar-refractivity contribution < 1.29 is 9.53 Å². The lowest BCUT2D eigenvalue weighted by Crippen LogP contribution is -2.43. The van der Waals surface area contributed by atoms with Crippen molar-refractivity contribution in [1.29, 1.82) is 0 Å². The number of hydrogen-bond donors (Lipinski definition) is 1. The molecule has 0 aliphatic carbocycles. The van der Waals surface area contributed by atoms with Crippen LogP contribution in [-0.4, -0.2) is 24.5 Å². The van der Waals surface area contributed by atoms with Crippen LogP contribution in [0.3, 0.4) is 0 Å². The predicted octanol–water partition coefficient (Wildman–Crippen LogP) is 3.34. The van der Waals surface area contributed by atoms with Gasteiger partial charge in [-0.3, -0.25) is 4.79 Å². The molecule has 1 heterocycles. The van der Waals surface area contributed by atoms with Gasteiger partial charge in [0, 0.05) is 19.0 Å². The van der Waals surface area contributed by atoms with Gasteiger partial charge in [0.1, 0.15) is 5.75 Å². The van der Waals surface area contributed by atoms with E-state index in [9.17, 15) is 4.79 Å². The van der Waals surface area contributed by atoms with Crippen LogP contribution < -0.4 is 10.5 Å². The molecule has 0 radical (unpaired) electrons. The average molecular weight is 361 g/mol. The van der Waals surface area contributed by atoms with E-state index in [0.717, 1.165) is 23.3 Å². The van der Waals surface area contributed by atoms with E-state index in [1.165, 1.54) is 5.56 Å². The number of rotatable bonds is 4. The molecule has 1 amide bonds. The van der Waals surface area contributed by atoms with E-state index in [2.05, 4.69) is 18.2 Å². The number of halogens is 1. The first kappa shape index (κ1) is 19.3. The second-order valence-corrected chi connectivity index (χ2v) is 6.37. The Bertz CT molecular complexity index is 721. The molecule has 0 spiro atoms. The molecule has 1 aliphatic heterocycles. The number of fused-ring (bicyclic) bond motifs is 1. The molecule has 0 bridgehead atoms. The molecular formula is C20H25ClN2O2. The van der Waals surface area contributed by atoms with Gasteiger partial charge in [-0.1, -0.05) is 43.3 Å². The summed E-state index contributed by atoms with van der Waals surface area (Å²) in [7, 11) is 1.66. The van der Waals surface area contributed by atoms with Crippen LogP contribution in [0.1, 0.15) is 29.7 Å². The van der Waals surface area contributed by atoms with Gasteiger partial charge in [0.15, 0.2) is 0 Å². The summed E-state index contributed by atoms with van der Waals surface area (Å²) in [6.07, 6.45) is 0.812. The van der Waals surface area contributed by atoms with Crippen LogP contribution in [0.2, 0.25) is 0 Å². The minimum Gasteiger partial charge on any atom is -0.497 e. The summed E-state index contributed by atoms with van der Waals surface area (Å²) in [6, 6.07) is 16.4. The first-order valence-electron chi connectivity index (χ1n) is 8.35. The van der Waals surface area contributed by atoms with Crippen LogP contribution in [0.5, 0.6) is 5.75 Å². The highest BCUT2D eigenvalue weighted by Gasteiger charge is 2.32. The Balaban J connectivity index is 0.00000225. The highest BCUT2D eigenvalue weighted by atomic mass is 35.5. The van der Waals surface area contributed by atoms with Crippen LogP contribution in [0, 0.1) is 5.92 Å². The summed E-state index contributed by atoms with van der Waals surface area (Å²) >= 11 is 0. The highest BCUT2D eigenvalue weighted by Crippen LogP contribution is 2.35. The molecule has 2 atom stereocenters. The summed E-state index contributed by atoms with van der Waals surface area (Å²) in [6.45, 7) is 2.85. The second-order valence-electron chi connectivity index (χ2n) is 6.37. The Labute approximate surface area is 155 Å². The number of carbonyl (C=O) groups is 1. The van der Waals surface area contributed by atoms with Gasteiger partial charge in [0.25, 0.3) is 0 Å². The summed E-state index contributed by atoms with van der Waals surface area (Å²) in [5.74, 6) is 0.759. The molecule has 0 saturated heterocycles. The molecule has 4 nitrogen and oxygen atoms in total. The maximum atomic E-state index is 12.9. The topological polar surface area (TPSA) is 55.6 Å². The number of ether oxygens (including phenoxy) is 1. The Morgan fingerprint density at radius 3 is 2.60 bits per heavy atom. The maximum Gasteiger partial charge on any atom is 0.227 e. The summed E-state index contributed by atoms with van der Waals surface area (Å²) < 4.78 is 5.33. The van der Waals surface area contributed by atoms with Gasteiger partial charge in [0.05, 0.1) is 13.2 Å². The van der Waals surface area contributed by atoms with Gasteiger partial charge in [-0.15, -0.1) is 12.4 Å². The number of hydrogen-bond acceptors (Lipinski definition) is 3. The summed E-state index contributed by atoms with van der Waals surface area (Å²) in [5.41, 5.74) is 9.32. The average Bonchev–Trinajstić information content (AvgIpc) is 2.65. The number of amides is 1. The fraction of sp³-hybridized carbons (Fsp3) is 0.350. The Kier molecular flexibility index (Phi) is 6.45. The van der Waals surface area contributed by atoms with Crippen molar-refractivity contribution >= 4 is 18.3 Å². The first-order chi connectivity index (χ1) is 11.6. The Hall–Kier alpha value is -2.04. The van der Waals surface area contributed by atoms with E-state index in [1.807, 2.05) is 42.2 Å². The van der Waals surface area contributed by atoms with Crippen molar-refractivity contribution in [2.75, 3.05) is 13.7 Å². The van der Waals surface area contributed by atoms with Gasteiger partial charge >= 0.3 is 0 Å². The SMILES string of the molecule is COc1ccc2c(c1)CN(C(=O)C(C)CN)C(c1ccccc1)C2.Cl. The highest BCUT2D eigenvalue weighted by molar-refractivity contribution is 5.85. The molecule has 3 rings (SSSR count). The molecule has 5 heteroatoms. The lowest BCUT2D eigenvalue weighted by molar-refractivity contribution is -0.138. The van der Waals surface area contributed by atoms with Crippen LogP contribution in [0.15, 0.2) is 48.5 Å². The zero-order valence-electron chi connectivity index (χ0n) is 14.6. The van der Waals surface area contributed by atoms with E-state index < -0.39 is 0 Å². The second kappa shape index (κ2) is 8.37. The van der Waals surface area contributed by atoms with Crippen molar-refractivity contribution in [1.82, 2.24) is 4.90 Å². The third-order valence-electron chi connectivity index (χ3n) is 4.79. The predicted molar refractivity (Wildman–Crippen MR) is 102 cm³/mol. The third kappa shape index (κ3) is 3.97. The van der Waals surface area contributed by atoms with Gasteiger partial charge in [-0.05, 0) is 35.2 Å². The van der Waals surface area contributed by atoms with Crippen molar-refractivity contribution in [2.24, 2.45) is 11.7 Å². The fourth-order valence-corrected chi connectivity index (χ4v) is 3.28. The monoisotopic (exact) mass is 360 g/mol. The summed E-state index contributed by atoms with van der Waals surface area (Å²) in [4.78, 5) is 14.9. The maximum absolute atomic E-state index is 12.9. The molecule has 0 fully saturated rings. The van der Waals surface area contributed by atoms with E-state index in [-0.39, 0.29) is 30.3 Å². The number of methoxy groups -OCH3 is 1. The van der Waals surface area contributed by atoms with Crippen LogP contribution >= 0.6 is 12.4 Å². The molecule has 2 N–H and O–H groups in total. The largest absolute Gasteiger partial charge is 0.497 e. The number of carbonyl (C=O) groups excluding carboxylic acids is 1. The van der Waals surface area contributed by atoms with Crippen molar-refractivity contribution in [2.45, 2.75) is 25.9 Å². The Morgan fingerprint density at radius 2 is 1.96 bits per heavy atom. The smallest absolute Gasteiger partial charge is 0.227 e. The van der Waals surface area contributed by atoms with Crippen LogP contribution in [0.25, 0.3) is 0 Å². The summed E-state index contributed by atoms with van der Waals surface area (Å²) in [5, 5.41) is 0. The molecule has 2 aromatic carbocycles. The number of nitrogens with two attached hydrogens (primary N) is 1. The van der Waals surface area contributed by atoms with Gasteiger partial charge < -0.3 is 15.4 Å². The zero-order valence-corrected chi connectivity index (χ0v) is 15.5. The molecule has 134 valence electrons. The normalized spacial score (nSPS) is 17.2. The first-order valence-corrected chi connectivity index (χ1v) is 8.35. The van der Waals surface area contributed by atoms with Gasteiger partial charge in [-0.2, -0.15) is 0 Å². The molecule has 1 aliphatic rings. The van der Waals surface area contributed by atoms with E-state index >= 15 is 0 Å². The molecule has 0 aromatic heterocycles. The van der Waals surface area contributed by atoms with Crippen molar-refractivity contribution in [3.63, 3.8) is 0 Å². The van der Waals surface area contributed by atoms with Gasteiger partial charge in [0.2, 0.25) is 5.91 Å². The number of nitrogens with zero attached hydrogens (tertiary/aromatic N) is 1. The molecule has 0 saturated carbocycles. The lowest BCUT2D eigenvalue weighted by atomic mass is 9.89. The van der Waals surface area contributed by atoms with Crippen molar-refractivity contribution in [3.05, 3.63) is 65.2 Å². The molecule has 25 heavy (non-hydrogen) atoms. The minimum atomic E-state index is -0.177. The van der Waals surface area contributed by atoms with Crippen LogP contribution in [0.4, 0.5) is 0 Å². The van der Waals surface area contributed by atoms with Gasteiger partial charge in [-0.25, -0.2) is 0 Å². The lowest BCUT2D eigenvalue weighted by Gasteiger charge is -2.38. The molecule has 2 aromatic rings. The fourth-order valence-electron chi connectivity index (χ4n) is 3.28. The minimum absolute atomic E-state index is 0. The Morgan fingerprint density at radius 1 is 1.24 bits per heavy atom. The third-order valence-corrected chi connectivity index (χ3v) is 4.79.